The lowest BCUT2D eigenvalue weighted by Gasteiger charge is -2.42. The maximum Gasteiger partial charge on any atom is 0.0729 e. The Balaban J connectivity index is 0.00000131. The van der Waals surface area contributed by atoms with Gasteiger partial charge in [0.05, 0.1) is 5.60 Å². The topological polar surface area (TPSA) is 40.4 Å². The van der Waals surface area contributed by atoms with Gasteiger partial charge >= 0.3 is 0 Å². The van der Waals surface area contributed by atoms with E-state index in [0.29, 0.717) is 0 Å². The van der Waals surface area contributed by atoms with E-state index in [2.05, 4.69) is 52.3 Å². The summed E-state index contributed by atoms with van der Waals surface area (Å²) >= 11 is 0. The number of nitrogens with one attached hydrogen (secondary N) is 1. The van der Waals surface area contributed by atoms with Crippen molar-refractivity contribution in [3.05, 3.63) is 36.0 Å². The second-order valence-electron chi connectivity index (χ2n) is 7.98. The van der Waals surface area contributed by atoms with E-state index in [1.165, 1.54) is 22.9 Å². The van der Waals surface area contributed by atoms with Gasteiger partial charge in [0, 0.05) is 62.8 Å². The van der Waals surface area contributed by atoms with Crippen LogP contribution < -0.4 is 5.32 Å². The average Bonchev–Trinajstić information content (AvgIpc) is 2.98. The molecule has 1 saturated carbocycles. The average molecular weight is 414 g/mol. The number of aromatic nitrogens is 1. The van der Waals surface area contributed by atoms with Gasteiger partial charge in [0.25, 0.3) is 0 Å². The summed E-state index contributed by atoms with van der Waals surface area (Å²) < 4.78 is 2.22. The predicted molar refractivity (Wildman–Crippen MR) is 118 cm³/mol. The van der Waals surface area contributed by atoms with E-state index in [1.54, 1.807) is 0 Å². The number of halogens is 2. The van der Waals surface area contributed by atoms with Gasteiger partial charge in [-0.2, -0.15) is 0 Å². The van der Waals surface area contributed by atoms with Crippen LogP contribution in [0.1, 0.15) is 43.6 Å². The standard InChI is InChI=1S/C21H31N3O.2ClH/c1-23-15-18(17-7-3-4-8-20(17)23)19(16-24-13-11-22-12-14-24)21(25)9-5-2-6-10-21;;/h3-4,7-8,15,19,22,25H,2,5-6,9-14,16H2,1H3;2*1H. The van der Waals surface area contributed by atoms with Gasteiger partial charge in [-0.25, -0.2) is 0 Å². The molecule has 0 spiro atoms. The number of benzene rings is 1. The largest absolute Gasteiger partial charge is 0.389 e. The first kappa shape index (κ1) is 22.5. The first-order valence-corrected chi connectivity index (χ1v) is 9.87. The van der Waals surface area contributed by atoms with Gasteiger partial charge in [0.15, 0.2) is 0 Å². The predicted octanol–water partition coefficient (Wildman–Crippen LogP) is 3.71. The molecule has 2 aromatic rings. The van der Waals surface area contributed by atoms with E-state index in [9.17, 15) is 5.11 Å². The minimum absolute atomic E-state index is 0. The molecular weight excluding hydrogens is 381 g/mol. The summed E-state index contributed by atoms with van der Waals surface area (Å²) in [6.07, 6.45) is 7.71. The second-order valence-corrected chi connectivity index (χ2v) is 7.98. The summed E-state index contributed by atoms with van der Waals surface area (Å²) in [5, 5.41) is 16.4. The molecule has 0 bridgehead atoms. The number of piperazine rings is 1. The highest BCUT2D eigenvalue weighted by Gasteiger charge is 2.40. The Kier molecular flexibility index (Phi) is 8.02. The van der Waals surface area contributed by atoms with Crippen molar-refractivity contribution in [3.8, 4) is 0 Å². The minimum atomic E-state index is -0.562. The van der Waals surface area contributed by atoms with Crippen molar-refractivity contribution < 1.29 is 5.11 Å². The Hall–Kier alpha value is -0.780. The van der Waals surface area contributed by atoms with Gasteiger partial charge in [-0.3, -0.25) is 0 Å². The highest BCUT2D eigenvalue weighted by molar-refractivity contribution is 5.86. The van der Waals surface area contributed by atoms with Crippen LogP contribution in [0.4, 0.5) is 0 Å². The summed E-state index contributed by atoms with van der Waals surface area (Å²) in [7, 11) is 2.12. The Morgan fingerprint density at radius 3 is 2.44 bits per heavy atom. The molecule has 1 aromatic carbocycles. The Morgan fingerprint density at radius 1 is 1.07 bits per heavy atom. The number of aliphatic hydroxyl groups is 1. The third-order valence-corrected chi connectivity index (χ3v) is 6.32. The highest BCUT2D eigenvalue weighted by atomic mass is 35.5. The van der Waals surface area contributed by atoms with Crippen LogP contribution in [0.2, 0.25) is 0 Å². The van der Waals surface area contributed by atoms with Crippen LogP contribution in [0.15, 0.2) is 30.5 Å². The quantitative estimate of drug-likeness (QED) is 0.802. The number of hydrogen-bond donors (Lipinski definition) is 2. The van der Waals surface area contributed by atoms with Gasteiger partial charge in [0.2, 0.25) is 0 Å². The molecule has 4 nitrogen and oxygen atoms in total. The molecule has 0 amide bonds. The molecule has 1 aliphatic carbocycles. The van der Waals surface area contributed by atoms with E-state index in [0.717, 1.165) is 58.4 Å². The van der Waals surface area contributed by atoms with Crippen molar-refractivity contribution in [1.29, 1.82) is 0 Å². The first-order valence-electron chi connectivity index (χ1n) is 9.87. The van der Waals surface area contributed by atoms with Crippen LogP contribution in [0.5, 0.6) is 0 Å². The number of aryl methyl sites for hydroxylation is 1. The van der Waals surface area contributed by atoms with Gasteiger partial charge in [-0.05, 0) is 24.5 Å². The SMILES string of the molecule is Cl.Cl.Cn1cc(C(CN2CCNCC2)C2(O)CCCCC2)c2ccccc21. The van der Waals surface area contributed by atoms with Crippen molar-refractivity contribution in [2.75, 3.05) is 32.7 Å². The van der Waals surface area contributed by atoms with E-state index >= 15 is 0 Å². The third-order valence-electron chi connectivity index (χ3n) is 6.32. The van der Waals surface area contributed by atoms with Crippen LogP contribution in [-0.4, -0.2) is 52.9 Å². The van der Waals surface area contributed by atoms with E-state index in [-0.39, 0.29) is 30.7 Å². The monoisotopic (exact) mass is 413 g/mol. The molecule has 1 aliphatic heterocycles. The molecule has 1 unspecified atom stereocenters. The summed E-state index contributed by atoms with van der Waals surface area (Å²) in [4.78, 5) is 2.54. The molecule has 2 N–H and O–H groups in total. The van der Waals surface area contributed by atoms with E-state index in [1.807, 2.05) is 0 Å². The van der Waals surface area contributed by atoms with Gasteiger partial charge < -0.3 is 19.9 Å². The zero-order valence-electron chi connectivity index (χ0n) is 16.2. The fraction of sp³-hybridized carbons (Fsp3) is 0.619. The molecule has 152 valence electrons. The minimum Gasteiger partial charge on any atom is -0.389 e. The zero-order valence-corrected chi connectivity index (χ0v) is 17.8. The van der Waals surface area contributed by atoms with Crippen LogP contribution in [0, 0.1) is 0 Å². The summed E-state index contributed by atoms with van der Waals surface area (Å²) in [5.74, 6) is 0.192. The lowest BCUT2D eigenvalue weighted by atomic mass is 9.72. The fourth-order valence-corrected chi connectivity index (χ4v) is 4.87. The fourth-order valence-electron chi connectivity index (χ4n) is 4.87. The molecular formula is C21H33Cl2N3O. The smallest absolute Gasteiger partial charge is 0.0729 e. The molecule has 0 radical (unpaired) electrons. The third kappa shape index (κ3) is 4.63. The number of hydrogen-bond acceptors (Lipinski definition) is 3. The normalized spacial score (nSPS) is 21.3. The van der Waals surface area contributed by atoms with Gasteiger partial charge in [-0.15, -0.1) is 24.8 Å². The molecule has 2 fully saturated rings. The molecule has 1 atom stereocenters. The molecule has 27 heavy (non-hydrogen) atoms. The molecule has 6 heteroatoms. The Labute approximate surface area is 175 Å². The number of para-hydroxylation sites is 1. The Bertz CT molecular complexity index is 721. The van der Waals surface area contributed by atoms with E-state index in [4.69, 9.17) is 0 Å². The lowest BCUT2D eigenvalue weighted by Crippen LogP contribution is -2.49. The number of nitrogens with zero attached hydrogens (tertiary/aromatic N) is 2. The molecule has 2 aliphatic rings. The molecule has 1 aromatic heterocycles. The van der Waals surface area contributed by atoms with Crippen LogP contribution in [0.25, 0.3) is 10.9 Å². The maximum atomic E-state index is 11.6. The van der Waals surface area contributed by atoms with Crippen molar-refractivity contribution in [3.63, 3.8) is 0 Å². The van der Waals surface area contributed by atoms with Crippen LogP contribution in [0.3, 0.4) is 0 Å². The molecule has 1 saturated heterocycles. The van der Waals surface area contributed by atoms with Crippen molar-refractivity contribution >= 4 is 35.7 Å². The molecule has 4 rings (SSSR count). The number of rotatable bonds is 4. The van der Waals surface area contributed by atoms with Crippen LogP contribution >= 0.6 is 24.8 Å². The summed E-state index contributed by atoms with van der Waals surface area (Å²) in [6.45, 7) is 5.24. The van der Waals surface area contributed by atoms with Crippen molar-refractivity contribution in [2.45, 2.75) is 43.6 Å². The van der Waals surface area contributed by atoms with Gasteiger partial charge in [-0.1, -0.05) is 37.5 Å². The van der Waals surface area contributed by atoms with Crippen molar-refractivity contribution in [2.24, 2.45) is 7.05 Å². The molecule has 2 heterocycles. The van der Waals surface area contributed by atoms with Crippen LogP contribution in [-0.2, 0) is 7.05 Å². The van der Waals surface area contributed by atoms with Gasteiger partial charge in [0.1, 0.15) is 0 Å². The Morgan fingerprint density at radius 2 is 1.74 bits per heavy atom. The van der Waals surface area contributed by atoms with Crippen molar-refractivity contribution in [1.82, 2.24) is 14.8 Å². The number of fused-ring (bicyclic) bond motifs is 1. The zero-order chi connectivity index (χ0) is 17.3. The maximum absolute atomic E-state index is 11.6. The summed E-state index contributed by atoms with van der Waals surface area (Å²) in [6, 6.07) is 8.64. The first-order chi connectivity index (χ1) is 12.2. The second kappa shape index (κ2) is 9.62. The highest BCUT2D eigenvalue weighted by Crippen LogP contribution is 2.43. The lowest BCUT2D eigenvalue weighted by molar-refractivity contribution is -0.0313. The van der Waals surface area contributed by atoms with E-state index < -0.39 is 5.60 Å². The summed E-state index contributed by atoms with van der Waals surface area (Å²) in [5.41, 5.74) is 2.04.